The van der Waals surface area contributed by atoms with Crippen molar-refractivity contribution in [3.8, 4) is 23.3 Å². The van der Waals surface area contributed by atoms with E-state index in [1.165, 1.54) is 12.1 Å². The molecule has 0 spiro atoms. The topological polar surface area (TPSA) is 77.5 Å². The number of halogens is 1. The van der Waals surface area contributed by atoms with Crippen molar-refractivity contribution in [3.63, 3.8) is 0 Å². The Kier molecular flexibility index (Phi) is 6.95. The fraction of sp³-hybridized carbons (Fsp3) is 0.278. The summed E-state index contributed by atoms with van der Waals surface area (Å²) < 4.78 is 50.7. The van der Waals surface area contributed by atoms with Gasteiger partial charge >= 0.3 is 0 Å². The first-order valence-corrected chi connectivity index (χ1v) is 9.34. The Hall–Kier alpha value is -2.63. The number of nitrogens with zero attached hydrogens (tertiary/aromatic N) is 1. The van der Waals surface area contributed by atoms with Crippen LogP contribution in [-0.2, 0) is 10.0 Å². The van der Waals surface area contributed by atoms with E-state index in [2.05, 4.69) is 21.5 Å². The largest absolute Gasteiger partial charge is 0.491 e. The first-order chi connectivity index (χ1) is 12.4. The highest BCUT2D eigenvalue weighted by Crippen LogP contribution is 2.20. The molecule has 0 aliphatic carbocycles. The summed E-state index contributed by atoms with van der Waals surface area (Å²) in [6, 6.07) is 7.05. The molecule has 0 amide bonds. The highest BCUT2D eigenvalue weighted by molar-refractivity contribution is 7.89. The summed E-state index contributed by atoms with van der Waals surface area (Å²) in [4.78, 5) is 3.89. The first-order valence-electron chi connectivity index (χ1n) is 7.85. The fourth-order valence-corrected chi connectivity index (χ4v) is 2.84. The average Bonchev–Trinajstić information content (AvgIpc) is 2.61. The third-order valence-corrected chi connectivity index (χ3v) is 4.58. The van der Waals surface area contributed by atoms with Crippen LogP contribution in [0.3, 0.4) is 0 Å². The normalized spacial score (nSPS) is 10.7. The van der Waals surface area contributed by atoms with Gasteiger partial charge in [-0.3, -0.25) is 4.98 Å². The molecule has 8 heteroatoms. The molecule has 0 saturated carbocycles. The Morgan fingerprint density at radius 3 is 2.65 bits per heavy atom. The van der Waals surface area contributed by atoms with Gasteiger partial charge in [-0.05, 0) is 44.2 Å². The number of aromatic nitrogens is 1. The fourth-order valence-electron chi connectivity index (χ4n) is 1.91. The third kappa shape index (κ3) is 5.72. The molecular weight excluding hydrogens is 359 g/mol. The maximum absolute atomic E-state index is 13.8. The molecule has 0 saturated heterocycles. The van der Waals surface area contributed by atoms with Crippen LogP contribution in [0.5, 0.6) is 11.5 Å². The van der Waals surface area contributed by atoms with Gasteiger partial charge in [0.05, 0.1) is 24.2 Å². The number of sulfonamides is 1. The van der Waals surface area contributed by atoms with Crippen molar-refractivity contribution in [3.05, 3.63) is 48.0 Å². The van der Waals surface area contributed by atoms with Gasteiger partial charge in [-0.1, -0.05) is 11.8 Å². The number of ether oxygens (including phenoxy) is 2. The van der Waals surface area contributed by atoms with E-state index in [1.807, 2.05) is 13.0 Å². The van der Waals surface area contributed by atoms with E-state index in [0.717, 1.165) is 11.8 Å². The molecule has 1 N–H and O–H groups in total. The van der Waals surface area contributed by atoms with Gasteiger partial charge in [0.15, 0.2) is 11.6 Å². The number of aryl methyl sites for hydroxylation is 1. The van der Waals surface area contributed by atoms with Gasteiger partial charge in [0.2, 0.25) is 10.0 Å². The molecule has 0 aliphatic rings. The molecule has 1 aromatic heterocycles. The van der Waals surface area contributed by atoms with Crippen LogP contribution in [-0.4, -0.2) is 33.2 Å². The predicted molar refractivity (Wildman–Crippen MR) is 95.0 cm³/mol. The molecule has 26 heavy (non-hydrogen) atoms. The Labute approximate surface area is 152 Å². The van der Waals surface area contributed by atoms with Crippen molar-refractivity contribution in [1.29, 1.82) is 0 Å². The zero-order chi connectivity index (χ0) is 19.0. The number of hydrogen-bond donors (Lipinski definition) is 1. The molecule has 2 aromatic rings. The standard InChI is InChI=1S/C18H19FN2O4S/c1-3-24-18-9-8-16(12-17(18)19)26(22,23)21-10-4-5-11-25-15-7-6-14(2)20-13-15/h6-9,12-13,21H,3,10-11H2,1-2H3. The van der Waals surface area contributed by atoms with Gasteiger partial charge < -0.3 is 9.47 Å². The lowest BCUT2D eigenvalue weighted by molar-refractivity contribution is 0.321. The van der Waals surface area contributed by atoms with Gasteiger partial charge in [-0.25, -0.2) is 12.8 Å². The lowest BCUT2D eigenvalue weighted by Gasteiger charge is -2.07. The Morgan fingerprint density at radius 2 is 2.00 bits per heavy atom. The van der Waals surface area contributed by atoms with Crippen LogP contribution in [0.2, 0.25) is 0 Å². The summed E-state index contributed by atoms with van der Waals surface area (Å²) in [7, 11) is -3.86. The summed E-state index contributed by atoms with van der Waals surface area (Å²) in [6.07, 6.45) is 1.58. The molecule has 138 valence electrons. The smallest absolute Gasteiger partial charge is 0.241 e. The third-order valence-electron chi connectivity index (χ3n) is 3.18. The number of benzene rings is 1. The number of nitrogens with one attached hydrogen (secondary N) is 1. The van der Waals surface area contributed by atoms with Gasteiger partial charge in [0.25, 0.3) is 0 Å². The minimum absolute atomic E-state index is 0.00832. The van der Waals surface area contributed by atoms with Crippen LogP contribution in [0, 0.1) is 24.6 Å². The van der Waals surface area contributed by atoms with Crippen LogP contribution in [0.15, 0.2) is 41.4 Å². The van der Waals surface area contributed by atoms with Gasteiger partial charge in [-0.2, -0.15) is 4.72 Å². The van der Waals surface area contributed by atoms with Gasteiger partial charge in [0, 0.05) is 5.69 Å². The highest BCUT2D eigenvalue weighted by atomic mass is 32.2. The van der Waals surface area contributed by atoms with Crippen LogP contribution in [0.4, 0.5) is 4.39 Å². The van der Waals surface area contributed by atoms with Gasteiger partial charge in [-0.15, -0.1) is 0 Å². The Balaban J connectivity index is 1.86. The van der Waals surface area contributed by atoms with Crippen molar-refractivity contribution >= 4 is 10.0 Å². The van der Waals surface area contributed by atoms with E-state index >= 15 is 0 Å². The zero-order valence-corrected chi connectivity index (χ0v) is 15.3. The molecule has 2 rings (SSSR count). The second-order valence-corrected chi connectivity index (χ2v) is 6.89. The molecule has 0 bridgehead atoms. The lowest BCUT2D eigenvalue weighted by atomic mass is 10.3. The molecule has 0 radical (unpaired) electrons. The second kappa shape index (κ2) is 9.17. The second-order valence-electron chi connectivity index (χ2n) is 5.13. The van der Waals surface area contributed by atoms with Crippen molar-refractivity contribution in [2.24, 2.45) is 0 Å². The van der Waals surface area contributed by atoms with Crippen LogP contribution in [0.1, 0.15) is 12.6 Å². The summed E-state index contributed by atoms with van der Waals surface area (Å²) >= 11 is 0. The minimum Gasteiger partial charge on any atom is -0.491 e. The van der Waals surface area contributed by atoms with Crippen LogP contribution in [0.25, 0.3) is 0 Å². The van der Waals surface area contributed by atoms with E-state index in [0.29, 0.717) is 5.75 Å². The summed E-state index contributed by atoms with van der Waals surface area (Å²) in [5.74, 6) is 5.18. The minimum atomic E-state index is -3.86. The molecule has 6 nitrogen and oxygen atoms in total. The van der Waals surface area contributed by atoms with Crippen molar-refractivity contribution in [1.82, 2.24) is 9.71 Å². The van der Waals surface area contributed by atoms with E-state index < -0.39 is 15.8 Å². The molecule has 1 aromatic carbocycles. The quantitative estimate of drug-likeness (QED) is 0.748. The maximum Gasteiger partial charge on any atom is 0.241 e. The molecule has 0 atom stereocenters. The zero-order valence-electron chi connectivity index (χ0n) is 14.5. The Bertz CT molecular complexity index is 903. The van der Waals surface area contributed by atoms with Crippen molar-refractivity contribution in [2.45, 2.75) is 18.7 Å². The summed E-state index contributed by atoms with van der Waals surface area (Å²) in [5, 5.41) is 0. The summed E-state index contributed by atoms with van der Waals surface area (Å²) in [6.45, 7) is 3.85. The van der Waals surface area contributed by atoms with Crippen molar-refractivity contribution < 1.29 is 22.3 Å². The van der Waals surface area contributed by atoms with E-state index in [1.54, 1.807) is 19.2 Å². The summed E-state index contributed by atoms with van der Waals surface area (Å²) in [5.41, 5.74) is 0.878. The predicted octanol–water partition coefficient (Wildman–Crippen LogP) is 2.29. The van der Waals surface area contributed by atoms with Crippen LogP contribution < -0.4 is 14.2 Å². The highest BCUT2D eigenvalue weighted by Gasteiger charge is 2.15. The monoisotopic (exact) mass is 378 g/mol. The van der Waals surface area contributed by atoms with E-state index in [-0.39, 0.29) is 30.4 Å². The van der Waals surface area contributed by atoms with Crippen LogP contribution >= 0.6 is 0 Å². The molecule has 0 fully saturated rings. The Morgan fingerprint density at radius 1 is 1.19 bits per heavy atom. The molecule has 1 heterocycles. The molecule has 0 unspecified atom stereocenters. The van der Waals surface area contributed by atoms with E-state index in [9.17, 15) is 12.8 Å². The first kappa shape index (κ1) is 19.7. The van der Waals surface area contributed by atoms with E-state index in [4.69, 9.17) is 9.47 Å². The van der Waals surface area contributed by atoms with Gasteiger partial charge in [0.1, 0.15) is 12.4 Å². The van der Waals surface area contributed by atoms with Crippen molar-refractivity contribution in [2.75, 3.05) is 19.8 Å². The lowest BCUT2D eigenvalue weighted by Crippen LogP contribution is -2.24. The molecular formula is C18H19FN2O4S. The maximum atomic E-state index is 13.8. The number of hydrogen-bond acceptors (Lipinski definition) is 5. The SMILES string of the molecule is CCOc1ccc(S(=O)(=O)NCC#CCOc2ccc(C)nc2)cc1F. The molecule has 0 aliphatic heterocycles. The average molecular weight is 378 g/mol. The number of pyridine rings is 1. The number of rotatable bonds is 7.